The van der Waals surface area contributed by atoms with Crippen LogP contribution in [0.4, 0.5) is 10.5 Å². The Bertz CT molecular complexity index is 1730. The van der Waals surface area contributed by atoms with Gasteiger partial charge < -0.3 is 5.32 Å². The molecule has 0 aromatic heterocycles. The van der Waals surface area contributed by atoms with Crippen LogP contribution in [0.1, 0.15) is 29.5 Å². The van der Waals surface area contributed by atoms with Crippen LogP contribution in [0.2, 0.25) is 5.02 Å². The third kappa shape index (κ3) is 3.81. The number of urea groups is 1. The number of fused-ring (bicyclic) bond motifs is 3. The zero-order valence-electron chi connectivity index (χ0n) is 20.7. The molecule has 5 aromatic rings. The molecule has 0 bridgehead atoms. The van der Waals surface area contributed by atoms with Gasteiger partial charge in [0.2, 0.25) is 0 Å². The second kappa shape index (κ2) is 8.94. The predicted molar refractivity (Wildman–Crippen MR) is 155 cm³/mol. The summed E-state index contributed by atoms with van der Waals surface area (Å²) in [6, 6.07) is 34.6. The fraction of sp³-hybridized carbons (Fsp3) is 0.147. The molecular weight excluding hydrogens is 488 g/mol. The van der Waals surface area contributed by atoms with E-state index in [1.165, 1.54) is 0 Å². The quantitative estimate of drug-likeness (QED) is 0.192. The molecule has 1 saturated carbocycles. The first-order chi connectivity index (χ1) is 18.6. The molecule has 1 fully saturated rings. The molecule has 1 aliphatic carbocycles. The molecule has 0 saturated heterocycles. The van der Waals surface area contributed by atoms with Gasteiger partial charge in [0.25, 0.3) is 0 Å². The van der Waals surface area contributed by atoms with Crippen LogP contribution in [0.3, 0.4) is 0 Å². The van der Waals surface area contributed by atoms with E-state index in [0.29, 0.717) is 11.6 Å². The summed E-state index contributed by atoms with van der Waals surface area (Å²) in [6.45, 7) is 0.440. The molecule has 1 N–H and O–H groups in total. The number of hydrogen-bond acceptors (Lipinski definition) is 1. The van der Waals surface area contributed by atoms with Gasteiger partial charge in [-0.05, 0) is 82.3 Å². The second-order valence-corrected chi connectivity index (χ2v) is 10.6. The maximum absolute atomic E-state index is 14.0. The van der Waals surface area contributed by atoms with E-state index < -0.39 is 5.54 Å². The van der Waals surface area contributed by atoms with Gasteiger partial charge in [0.05, 0.1) is 12.2 Å². The molecule has 0 unspecified atom stereocenters. The van der Waals surface area contributed by atoms with Crippen molar-refractivity contribution in [2.75, 3.05) is 4.90 Å². The Kier molecular flexibility index (Phi) is 5.39. The van der Waals surface area contributed by atoms with Crippen LogP contribution in [-0.4, -0.2) is 6.03 Å². The summed E-state index contributed by atoms with van der Waals surface area (Å²) in [4.78, 5) is 15.8. The minimum absolute atomic E-state index is 0.133. The summed E-state index contributed by atoms with van der Waals surface area (Å²) < 4.78 is 0. The van der Waals surface area contributed by atoms with Gasteiger partial charge in [-0.2, -0.15) is 0 Å². The average molecular weight is 513 g/mol. The zero-order chi connectivity index (χ0) is 25.7. The van der Waals surface area contributed by atoms with Crippen LogP contribution in [0.5, 0.6) is 0 Å². The van der Waals surface area contributed by atoms with Crippen molar-refractivity contribution in [1.82, 2.24) is 5.32 Å². The number of amides is 2. The number of carbonyl (C=O) groups excluding carboxylic acids is 1. The molecule has 184 valence electrons. The number of nitrogens with one attached hydrogen (secondary N) is 1. The highest BCUT2D eigenvalue weighted by Crippen LogP contribution is 2.51. The fourth-order valence-corrected chi connectivity index (χ4v) is 5.97. The molecule has 38 heavy (non-hydrogen) atoms. The number of carbonyl (C=O) groups is 1. The Morgan fingerprint density at radius 3 is 2.18 bits per heavy atom. The molecule has 4 heteroatoms. The smallest absolute Gasteiger partial charge is 0.317 e. The van der Waals surface area contributed by atoms with Crippen molar-refractivity contribution in [1.29, 1.82) is 0 Å². The van der Waals surface area contributed by atoms with Gasteiger partial charge in [0, 0.05) is 16.1 Å². The summed E-state index contributed by atoms with van der Waals surface area (Å²) in [6.07, 6.45) is 2.04. The molecule has 5 aromatic carbocycles. The number of halogens is 1. The second-order valence-electron chi connectivity index (χ2n) is 10.2. The molecule has 1 heterocycles. The van der Waals surface area contributed by atoms with Gasteiger partial charge in [-0.1, -0.05) is 90.2 Å². The van der Waals surface area contributed by atoms with E-state index in [2.05, 4.69) is 71.8 Å². The van der Waals surface area contributed by atoms with Gasteiger partial charge in [-0.3, -0.25) is 4.90 Å². The van der Waals surface area contributed by atoms with Crippen LogP contribution in [0.15, 0.2) is 103 Å². The van der Waals surface area contributed by atoms with E-state index in [1.54, 1.807) is 0 Å². The van der Waals surface area contributed by atoms with E-state index in [-0.39, 0.29) is 11.9 Å². The molecule has 7 rings (SSSR count). The Hall–Kier alpha value is -4.26. The van der Waals surface area contributed by atoms with E-state index in [1.807, 2.05) is 53.4 Å². The Balaban J connectivity index is 1.40. The lowest BCUT2D eigenvalue weighted by Crippen LogP contribution is -2.57. The van der Waals surface area contributed by atoms with Crippen LogP contribution < -0.4 is 10.2 Å². The number of nitrogens with zero attached hydrogens (tertiary/aromatic N) is 1. The first-order valence-electron chi connectivity index (χ1n) is 13.0. The third-order valence-corrected chi connectivity index (χ3v) is 8.03. The highest BCUT2D eigenvalue weighted by Gasteiger charge is 2.51. The Morgan fingerprint density at radius 1 is 0.842 bits per heavy atom. The standard InChI is InChI=1S/C34H25ClN2O/c35-27-16-17-32-31(21-27)34(26-14-15-26,19-18-23-8-2-1-3-9-23)36-33(38)37(32)22-30-28-12-6-4-10-24(28)20-25-11-5-7-13-29(25)30/h1-13,16-17,20-21,26H,14-15,22H2,(H,36,38)/t34-/m1/s1. The molecular formula is C34H25ClN2O. The summed E-state index contributed by atoms with van der Waals surface area (Å²) in [7, 11) is 0. The molecule has 1 atom stereocenters. The highest BCUT2D eigenvalue weighted by atomic mass is 35.5. The summed E-state index contributed by atoms with van der Waals surface area (Å²) in [5.41, 5.74) is 3.12. The first kappa shape index (κ1) is 22.9. The topological polar surface area (TPSA) is 32.3 Å². The van der Waals surface area contributed by atoms with Crippen LogP contribution in [0, 0.1) is 17.8 Å². The average Bonchev–Trinajstić information content (AvgIpc) is 3.80. The minimum atomic E-state index is -0.773. The Morgan fingerprint density at radius 2 is 1.50 bits per heavy atom. The maximum Gasteiger partial charge on any atom is 0.323 e. The van der Waals surface area contributed by atoms with Crippen molar-refractivity contribution in [3.05, 3.63) is 125 Å². The SMILES string of the molecule is O=C1N[C@](C#Cc2ccccc2)(C2CC2)c2cc(Cl)ccc2N1Cc1c2ccccc2cc2ccccc12. The largest absolute Gasteiger partial charge is 0.323 e. The summed E-state index contributed by atoms with van der Waals surface area (Å²) in [5.74, 6) is 7.10. The van der Waals surface area contributed by atoms with Crippen molar-refractivity contribution in [3.63, 3.8) is 0 Å². The van der Waals surface area contributed by atoms with Crippen LogP contribution >= 0.6 is 11.6 Å². The van der Waals surface area contributed by atoms with Gasteiger partial charge in [-0.15, -0.1) is 0 Å². The lowest BCUT2D eigenvalue weighted by Gasteiger charge is -2.41. The van der Waals surface area contributed by atoms with Crippen molar-refractivity contribution >= 4 is 44.9 Å². The van der Waals surface area contributed by atoms with Crippen molar-refractivity contribution < 1.29 is 4.79 Å². The van der Waals surface area contributed by atoms with Gasteiger partial charge in [0.1, 0.15) is 5.54 Å². The Labute approximate surface area is 227 Å². The molecule has 3 nitrogen and oxygen atoms in total. The molecule has 2 aliphatic rings. The van der Waals surface area contributed by atoms with Gasteiger partial charge >= 0.3 is 6.03 Å². The van der Waals surface area contributed by atoms with E-state index in [4.69, 9.17) is 11.6 Å². The normalized spacial score (nSPS) is 18.6. The number of anilines is 1. The van der Waals surface area contributed by atoms with Crippen LogP contribution in [0.25, 0.3) is 21.5 Å². The number of rotatable bonds is 3. The predicted octanol–water partition coefficient (Wildman–Crippen LogP) is 8.03. The number of hydrogen-bond donors (Lipinski definition) is 1. The molecule has 0 radical (unpaired) electrons. The van der Waals surface area contributed by atoms with Crippen LogP contribution in [-0.2, 0) is 12.1 Å². The first-order valence-corrected chi connectivity index (χ1v) is 13.4. The van der Waals surface area contributed by atoms with E-state index in [0.717, 1.165) is 56.8 Å². The van der Waals surface area contributed by atoms with Gasteiger partial charge in [0.15, 0.2) is 0 Å². The van der Waals surface area contributed by atoms with E-state index in [9.17, 15) is 4.79 Å². The number of benzene rings is 5. The van der Waals surface area contributed by atoms with Gasteiger partial charge in [-0.25, -0.2) is 4.79 Å². The zero-order valence-corrected chi connectivity index (χ0v) is 21.5. The highest BCUT2D eigenvalue weighted by molar-refractivity contribution is 6.30. The summed E-state index contributed by atoms with van der Waals surface area (Å²) in [5, 5.41) is 8.63. The maximum atomic E-state index is 14.0. The van der Waals surface area contributed by atoms with Crippen molar-refractivity contribution in [2.45, 2.75) is 24.9 Å². The minimum Gasteiger partial charge on any atom is -0.317 e. The lowest BCUT2D eigenvalue weighted by molar-refractivity contribution is 0.231. The fourth-order valence-electron chi connectivity index (χ4n) is 5.80. The molecule has 2 amide bonds. The van der Waals surface area contributed by atoms with E-state index >= 15 is 0 Å². The monoisotopic (exact) mass is 512 g/mol. The molecule has 1 aliphatic heterocycles. The van der Waals surface area contributed by atoms with Crippen molar-refractivity contribution in [3.8, 4) is 11.8 Å². The molecule has 0 spiro atoms. The third-order valence-electron chi connectivity index (χ3n) is 7.79. The lowest BCUT2D eigenvalue weighted by atomic mass is 9.82. The summed E-state index contributed by atoms with van der Waals surface area (Å²) >= 11 is 6.57. The van der Waals surface area contributed by atoms with Crippen molar-refractivity contribution in [2.24, 2.45) is 5.92 Å².